The summed E-state index contributed by atoms with van der Waals surface area (Å²) in [5, 5.41) is 0. The predicted octanol–water partition coefficient (Wildman–Crippen LogP) is 4.41. The van der Waals surface area contributed by atoms with E-state index in [9.17, 15) is 0 Å². The number of rotatable bonds is 2. The van der Waals surface area contributed by atoms with Crippen LogP contribution in [-0.4, -0.2) is 23.2 Å². The van der Waals surface area contributed by atoms with Crippen LogP contribution in [0, 0.1) is 0 Å². The highest BCUT2D eigenvalue weighted by Crippen LogP contribution is 2.10. The van der Waals surface area contributed by atoms with Crippen molar-refractivity contribution in [3.63, 3.8) is 0 Å². The fourth-order valence-electron chi connectivity index (χ4n) is 1.12. The van der Waals surface area contributed by atoms with E-state index in [0.717, 1.165) is 0 Å². The number of hydrogen-bond acceptors (Lipinski definition) is 1. The van der Waals surface area contributed by atoms with Gasteiger partial charge in [0.05, 0.1) is 0 Å². The Labute approximate surface area is 102 Å². The zero-order valence-corrected chi connectivity index (χ0v) is 15.3. The molecule has 0 amide bonds. The average Bonchev–Trinajstić information content (AvgIpc) is 1.42. The highest BCUT2D eigenvalue weighted by atomic mass is 35.7. The molecule has 0 heterocycles. The van der Waals surface area contributed by atoms with E-state index in [4.69, 9.17) is 22.2 Å². The lowest BCUT2D eigenvalue weighted by Gasteiger charge is -2.28. The summed E-state index contributed by atoms with van der Waals surface area (Å²) in [5.41, 5.74) is 0. The molecule has 0 atom stereocenters. The Balaban J connectivity index is 0. The normalized spacial score (nSPS) is 13.3. The Morgan fingerprint density at radius 1 is 0.643 bits per heavy atom. The fraction of sp³-hybridized carbons (Fsp3) is 1.00. The van der Waals surface area contributed by atoms with Gasteiger partial charge in [0.15, 0.2) is 0 Å². The van der Waals surface area contributed by atoms with Gasteiger partial charge < -0.3 is 4.65 Å². The molecule has 0 aliphatic rings. The minimum atomic E-state index is -1.67. The molecule has 88 valence electrons. The van der Waals surface area contributed by atoms with Gasteiger partial charge >= 0.3 is 0 Å². The molecule has 0 aromatic carbocycles. The van der Waals surface area contributed by atoms with Crippen LogP contribution in [0.4, 0.5) is 0 Å². The van der Waals surface area contributed by atoms with Gasteiger partial charge in [-0.2, -0.15) is 0 Å². The Kier molecular flexibility index (Phi) is 7.61. The molecule has 0 saturated heterocycles. The third-order valence-electron chi connectivity index (χ3n) is 0.750. The highest BCUT2D eigenvalue weighted by molar-refractivity contribution is 7.44. The maximum absolute atomic E-state index is 5.43. The van der Waals surface area contributed by atoms with Crippen molar-refractivity contribution in [1.82, 2.24) is 4.65 Å². The van der Waals surface area contributed by atoms with Crippen LogP contribution in [0.3, 0.4) is 0 Å². The van der Waals surface area contributed by atoms with Gasteiger partial charge in [0.2, 0.25) is 6.69 Å². The molecule has 14 heavy (non-hydrogen) atoms. The summed E-state index contributed by atoms with van der Waals surface area (Å²) < 4.78 is 3.74. The molecule has 0 saturated carbocycles. The zero-order chi connectivity index (χ0) is 12.2. The number of hydrogen-bond donors (Lipinski definition) is 1. The molecule has 0 aliphatic carbocycles. The van der Waals surface area contributed by atoms with Crippen LogP contribution in [0.5, 0.6) is 0 Å². The van der Waals surface area contributed by atoms with Crippen molar-refractivity contribution in [3.05, 3.63) is 0 Å². The average molecular weight is 290 g/mol. The third kappa shape index (κ3) is 37.9. The zero-order valence-electron chi connectivity index (χ0n) is 10.8. The first-order chi connectivity index (χ1) is 5.71. The van der Waals surface area contributed by atoms with Gasteiger partial charge in [-0.05, 0) is 13.1 Å². The van der Waals surface area contributed by atoms with Crippen molar-refractivity contribution < 1.29 is 0 Å². The molecule has 0 aromatic heterocycles. The van der Waals surface area contributed by atoms with Crippen molar-refractivity contribution in [2.24, 2.45) is 0 Å². The summed E-state index contributed by atoms with van der Waals surface area (Å²) >= 11 is 10.9. The standard InChI is InChI=1S/C6H19NSi2.C2H6Cl2Si/c1-8(2,3)7-9(4,5)6;1-5(2,3)4/h7H,1-6H3;1-2H3. The van der Waals surface area contributed by atoms with Crippen molar-refractivity contribution in [2.75, 3.05) is 0 Å². The largest absolute Gasteiger partial charge is 0.360 e. The summed E-state index contributed by atoms with van der Waals surface area (Å²) in [5.74, 6) is 0. The van der Waals surface area contributed by atoms with E-state index < -0.39 is 23.2 Å². The molecule has 0 radical (unpaired) electrons. The van der Waals surface area contributed by atoms with Gasteiger partial charge in [-0.15, -0.1) is 22.2 Å². The Bertz CT molecular complexity index is 137. The van der Waals surface area contributed by atoms with Gasteiger partial charge in [0, 0.05) is 0 Å². The summed E-state index contributed by atoms with van der Waals surface area (Å²) in [6.45, 7) is 16.2. The van der Waals surface area contributed by atoms with E-state index in [0.29, 0.717) is 0 Å². The lowest BCUT2D eigenvalue weighted by molar-refractivity contribution is 1.30. The molecule has 1 nitrogen and oxygen atoms in total. The molecule has 0 bridgehead atoms. The Hall–Kier alpha value is 1.19. The minimum Gasteiger partial charge on any atom is -0.360 e. The van der Waals surface area contributed by atoms with Crippen LogP contribution in [0.2, 0.25) is 52.4 Å². The van der Waals surface area contributed by atoms with E-state index in [1.807, 2.05) is 13.1 Å². The topological polar surface area (TPSA) is 12.0 Å². The maximum Gasteiger partial charge on any atom is 0.245 e. The monoisotopic (exact) mass is 289 g/mol. The van der Waals surface area contributed by atoms with Crippen LogP contribution in [0.25, 0.3) is 0 Å². The van der Waals surface area contributed by atoms with Crippen LogP contribution in [-0.2, 0) is 0 Å². The van der Waals surface area contributed by atoms with E-state index in [2.05, 4.69) is 43.9 Å². The first-order valence-corrected chi connectivity index (χ1v) is 16.9. The third-order valence-corrected chi connectivity index (χ3v) is 6.75. The van der Waals surface area contributed by atoms with E-state index >= 15 is 0 Å². The second-order valence-electron chi connectivity index (χ2n) is 5.95. The minimum absolute atomic E-state index is 0.981. The summed E-state index contributed by atoms with van der Waals surface area (Å²) in [7, 11) is -1.96. The van der Waals surface area contributed by atoms with E-state index in [-0.39, 0.29) is 0 Å². The van der Waals surface area contributed by atoms with E-state index in [1.54, 1.807) is 0 Å². The Morgan fingerprint density at radius 3 is 0.786 bits per heavy atom. The van der Waals surface area contributed by atoms with Crippen LogP contribution in [0.15, 0.2) is 0 Å². The number of halogens is 2. The van der Waals surface area contributed by atoms with Crippen molar-refractivity contribution in [2.45, 2.75) is 52.4 Å². The molecular weight excluding hydrogens is 265 g/mol. The highest BCUT2D eigenvalue weighted by Gasteiger charge is 2.22. The van der Waals surface area contributed by atoms with Crippen molar-refractivity contribution in [3.8, 4) is 0 Å². The van der Waals surface area contributed by atoms with Crippen molar-refractivity contribution >= 4 is 45.3 Å². The van der Waals surface area contributed by atoms with Crippen LogP contribution < -0.4 is 4.65 Å². The molecule has 0 aliphatic heterocycles. The maximum atomic E-state index is 5.43. The summed E-state index contributed by atoms with van der Waals surface area (Å²) in [4.78, 5) is 0. The van der Waals surface area contributed by atoms with E-state index in [1.165, 1.54) is 0 Å². The van der Waals surface area contributed by atoms with Crippen LogP contribution >= 0.6 is 22.2 Å². The molecule has 6 heteroatoms. The molecule has 0 spiro atoms. The fourth-order valence-corrected chi connectivity index (χ4v) is 10.1. The molecule has 0 rings (SSSR count). The van der Waals surface area contributed by atoms with Crippen molar-refractivity contribution in [1.29, 1.82) is 0 Å². The second-order valence-corrected chi connectivity index (χ2v) is 24.9. The molecule has 0 fully saturated rings. The Morgan fingerprint density at radius 2 is 0.786 bits per heavy atom. The first-order valence-electron chi connectivity index (χ1n) is 4.88. The molecule has 1 N–H and O–H groups in total. The second kappa shape index (κ2) is 6.06. The summed E-state index contributed by atoms with van der Waals surface area (Å²) in [6.07, 6.45) is 0. The quantitative estimate of drug-likeness (QED) is 0.586. The molecule has 0 aromatic rings. The molecule has 0 unspecified atom stereocenters. The smallest absolute Gasteiger partial charge is 0.245 e. The van der Waals surface area contributed by atoms with Gasteiger partial charge in [0.1, 0.15) is 16.5 Å². The van der Waals surface area contributed by atoms with Gasteiger partial charge in [-0.3, -0.25) is 0 Å². The van der Waals surface area contributed by atoms with Gasteiger partial charge in [-0.25, -0.2) is 0 Å². The first kappa shape index (κ1) is 17.6. The van der Waals surface area contributed by atoms with Crippen LogP contribution in [0.1, 0.15) is 0 Å². The molecular formula is C8H25Cl2NSi3. The lowest BCUT2D eigenvalue weighted by Crippen LogP contribution is -2.55. The van der Waals surface area contributed by atoms with Gasteiger partial charge in [-0.1, -0.05) is 39.3 Å². The summed E-state index contributed by atoms with van der Waals surface area (Å²) in [6, 6.07) is 0. The SMILES string of the molecule is C[Si](C)(C)N[Si](C)(C)C.C[Si](C)(Cl)Cl. The predicted molar refractivity (Wildman–Crippen MR) is 79.0 cm³/mol. The lowest BCUT2D eigenvalue weighted by atomic mass is 11.8. The van der Waals surface area contributed by atoms with Gasteiger partial charge in [0.25, 0.3) is 0 Å². The number of nitrogens with one attached hydrogen (secondary N) is 1.